The lowest BCUT2D eigenvalue weighted by molar-refractivity contribution is 0.0615. The molecule has 4 N–H and O–H groups in total. The number of aromatic amines is 1. The van der Waals surface area contributed by atoms with Crippen LogP contribution in [0.3, 0.4) is 0 Å². The highest BCUT2D eigenvalue weighted by atomic mass is 32.1. The molecule has 1 aromatic carbocycles. The van der Waals surface area contributed by atoms with Crippen molar-refractivity contribution in [3.63, 3.8) is 0 Å². The molecule has 0 bridgehead atoms. The van der Waals surface area contributed by atoms with E-state index in [0.717, 1.165) is 24.8 Å². The summed E-state index contributed by atoms with van der Waals surface area (Å²) < 4.78 is 5.37. The van der Waals surface area contributed by atoms with Gasteiger partial charge in [0.05, 0.1) is 5.52 Å². The molecule has 1 fully saturated rings. The number of carbonyl (C=O) groups excluding carboxylic acids is 2. The summed E-state index contributed by atoms with van der Waals surface area (Å²) in [6.45, 7) is 1.03. The van der Waals surface area contributed by atoms with Gasteiger partial charge < -0.3 is 25.4 Å². The van der Waals surface area contributed by atoms with E-state index in [1.165, 1.54) is 0 Å². The van der Waals surface area contributed by atoms with Crippen molar-refractivity contribution in [3.05, 3.63) is 28.6 Å². The molecule has 1 aliphatic heterocycles. The van der Waals surface area contributed by atoms with Crippen LogP contribution in [0.15, 0.2) is 22.6 Å². The maximum Gasteiger partial charge on any atom is 0.312 e. The molecule has 0 radical (unpaired) electrons. The van der Waals surface area contributed by atoms with Crippen LogP contribution in [-0.2, 0) is 0 Å². The Hall–Kier alpha value is -2.35. The number of H-pyrrole nitrogens is 1. The number of nitrogens with two attached hydrogens (primary N) is 1. The average Bonchev–Trinajstić information content (AvgIpc) is 2.91. The normalized spacial score (nSPS) is 18.1. The van der Waals surface area contributed by atoms with E-state index in [4.69, 9.17) is 22.4 Å². The zero-order chi connectivity index (χ0) is 16.4. The molecule has 1 atom stereocenters. The number of fused-ring (bicyclic) bond motifs is 1. The fourth-order valence-electron chi connectivity index (χ4n) is 2.94. The second-order valence-electron chi connectivity index (χ2n) is 5.62. The van der Waals surface area contributed by atoms with Crippen LogP contribution in [0, 0.1) is 4.84 Å². The molecule has 0 spiro atoms. The van der Waals surface area contributed by atoms with Gasteiger partial charge >= 0.3 is 6.03 Å². The van der Waals surface area contributed by atoms with Crippen molar-refractivity contribution in [3.8, 4) is 0 Å². The summed E-state index contributed by atoms with van der Waals surface area (Å²) in [4.78, 5) is 28.7. The maximum absolute atomic E-state index is 12.8. The minimum Gasteiger partial charge on any atom is -0.429 e. The van der Waals surface area contributed by atoms with Crippen LogP contribution in [0.4, 0.5) is 4.79 Å². The predicted octanol–water partition coefficient (Wildman–Crippen LogP) is 2.15. The summed E-state index contributed by atoms with van der Waals surface area (Å²) in [7, 11) is 0. The summed E-state index contributed by atoms with van der Waals surface area (Å²) in [5.74, 6) is -0.0785. The number of hydrogen-bond donors (Lipinski definition) is 3. The second-order valence-corrected chi connectivity index (χ2v) is 5.99. The largest absolute Gasteiger partial charge is 0.429 e. The molecule has 122 valence electrons. The number of urea groups is 1. The van der Waals surface area contributed by atoms with E-state index in [1.807, 2.05) is 0 Å². The number of nitrogens with zero attached hydrogens (tertiary/aromatic N) is 1. The number of benzene rings is 1. The van der Waals surface area contributed by atoms with Crippen LogP contribution < -0.4 is 11.1 Å². The van der Waals surface area contributed by atoms with Gasteiger partial charge in [0.1, 0.15) is 0 Å². The maximum atomic E-state index is 12.8. The van der Waals surface area contributed by atoms with Crippen molar-refractivity contribution in [1.82, 2.24) is 15.2 Å². The summed E-state index contributed by atoms with van der Waals surface area (Å²) in [6, 6.07) is 4.60. The van der Waals surface area contributed by atoms with Gasteiger partial charge in [-0.1, -0.05) is 0 Å². The van der Waals surface area contributed by atoms with Crippen molar-refractivity contribution in [1.29, 1.82) is 0 Å². The van der Waals surface area contributed by atoms with E-state index in [2.05, 4.69) is 10.3 Å². The number of hydrogen-bond acceptors (Lipinski definition) is 4. The van der Waals surface area contributed by atoms with Crippen molar-refractivity contribution < 1.29 is 14.0 Å². The number of rotatable bonds is 3. The lowest BCUT2D eigenvalue weighted by Crippen LogP contribution is -2.50. The highest BCUT2D eigenvalue weighted by Crippen LogP contribution is 2.22. The molecule has 1 aliphatic rings. The molecule has 0 unspecified atom stereocenters. The predicted molar refractivity (Wildman–Crippen MR) is 87.7 cm³/mol. The van der Waals surface area contributed by atoms with E-state index >= 15 is 0 Å². The lowest BCUT2D eigenvalue weighted by atomic mass is 10.0. The third-order valence-electron chi connectivity index (χ3n) is 4.07. The Morgan fingerprint density at radius 2 is 2.26 bits per heavy atom. The molecule has 7 nitrogen and oxygen atoms in total. The molecular weight excluding hydrogens is 316 g/mol. The number of piperidine rings is 1. The minimum atomic E-state index is -0.575. The van der Waals surface area contributed by atoms with Crippen LogP contribution >= 0.6 is 12.2 Å². The Morgan fingerprint density at radius 1 is 1.43 bits per heavy atom. The number of aromatic nitrogens is 1. The zero-order valence-electron chi connectivity index (χ0n) is 12.5. The Bertz CT molecular complexity index is 797. The summed E-state index contributed by atoms with van der Waals surface area (Å²) >= 11 is 4.96. The zero-order valence-corrected chi connectivity index (χ0v) is 13.3. The molecule has 2 heterocycles. The number of amides is 3. The van der Waals surface area contributed by atoms with Crippen molar-refractivity contribution in [2.75, 3.05) is 13.1 Å². The van der Waals surface area contributed by atoms with Crippen molar-refractivity contribution >= 4 is 35.3 Å². The van der Waals surface area contributed by atoms with Gasteiger partial charge in [0.15, 0.2) is 5.58 Å². The van der Waals surface area contributed by atoms with Gasteiger partial charge in [-0.2, -0.15) is 0 Å². The number of likely N-dealkylation sites (tertiary alicyclic amines) is 1. The molecule has 8 heteroatoms. The van der Waals surface area contributed by atoms with E-state index in [9.17, 15) is 9.59 Å². The van der Waals surface area contributed by atoms with Crippen LogP contribution in [-0.4, -0.2) is 41.0 Å². The van der Waals surface area contributed by atoms with Gasteiger partial charge in [0, 0.05) is 24.7 Å². The highest BCUT2D eigenvalue weighted by Gasteiger charge is 2.27. The first-order valence-electron chi connectivity index (χ1n) is 7.52. The van der Waals surface area contributed by atoms with Crippen molar-refractivity contribution in [2.24, 2.45) is 5.73 Å². The van der Waals surface area contributed by atoms with Gasteiger partial charge in [-0.25, -0.2) is 4.79 Å². The molecule has 23 heavy (non-hydrogen) atoms. The average molecular weight is 334 g/mol. The highest BCUT2D eigenvalue weighted by molar-refractivity contribution is 7.71. The number of oxazole rings is 1. The number of carbonyl (C=O) groups is 2. The molecule has 2 aromatic rings. The summed E-state index contributed by atoms with van der Waals surface area (Å²) in [5, 5.41) is 2.59. The fraction of sp³-hybridized carbons (Fsp3) is 0.400. The Balaban J connectivity index is 1.82. The third kappa shape index (κ3) is 3.37. The molecular formula is C15H18N4O3S. The summed E-state index contributed by atoms with van der Waals surface area (Å²) in [6.07, 6.45) is 2.82. The molecule has 1 saturated heterocycles. The standard InChI is InChI=1S/C15H18N4O3S/c16-14(21)17-8-10-3-1-2-6-19(10)13(20)9-4-5-11-12(7-9)22-15(23)18-11/h4-5,7,10H,1-3,6,8H2,(H,18,23)(H3,16,17,21)/t10-/m1/s1. The SMILES string of the molecule is NC(=O)NC[C@H]1CCCCN1C(=O)c1ccc2[nH]c(=S)oc2c1. The Morgan fingerprint density at radius 3 is 3.04 bits per heavy atom. The molecule has 1 aromatic heterocycles. The first kappa shape index (κ1) is 15.5. The first-order chi connectivity index (χ1) is 11.0. The van der Waals surface area contributed by atoms with Crippen LogP contribution in [0.1, 0.15) is 29.6 Å². The van der Waals surface area contributed by atoms with E-state index in [1.54, 1.807) is 23.1 Å². The van der Waals surface area contributed by atoms with E-state index < -0.39 is 6.03 Å². The van der Waals surface area contributed by atoms with Gasteiger partial charge in [-0.05, 0) is 49.7 Å². The van der Waals surface area contributed by atoms with Crippen molar-refractivity contribution in [2.45, 2.75) is 25.3 Å². The third-order valence-corrected chi connectivity index (χ3v) is 4.25. The van der Waals surface area contributed by atoms with Gasteiger partial charge in [0.25, 0.3) is 10.7 Å². The quantitative estimate of drug-likeness (QED) is 0.748. The molecule has 0 saturated carbocycles. The van der Waals surface area contributed by atoms with E-state index in [-0.39, 0.29) is 16.8 Å². The second kappa shape index (κ2) is 6.41. The Kier molecular flexibility index (Phi) is 4.33. The smallest absolute Gasteiger partial charge is 0.312 e. The molecule has 0 aliphatic carbocycles. The topological polar surface area (TPSA) is 104 Å². The summed E-state index contributed by atoms with van der Waals surface area (Å²) in [5.41, 5.74) is 6.99. The monoisotopic (exact) mass is 334 g/mol. The molecule has 3 rings (SSSR count). The van der Waals surface area contributed by atoms with Gasteiger partial charge in [0.2, 0.25) is 0 Å². The van der Waals surface area contributed by atoms with E-state index in [0.29, 0.717) is 24.2 Å². The lowest BCUT2D eigenvalue weighted by Gasteiger charge is -2.35. The van der Waals surface area contributed by atoms with Crippen LogP contribution in [0.5, 0.6) is 0 Å². The molecule has 3 amide bonds. The fourth-order valence-corrected chi connectivity index (χ4v) is 3.14. The van der Waals surface area contributed by atoms with Crippen LogP contribution in [0.2, 0.25) is 0 Å². The van der Waals surface area contributed by atoms with Gasteiger partial charge in [-0.3, -0.25) is 4.79 Å². The first-order valence-corrected chi connectivity index (χ1v) is 7.92. The van der Waals surface area contributed by atoms with Gasteiger partial charge in [-0.15, -0.1) is 0 Å². The Labute approximate surface area is 137 Å². The number of primary amides is 1. The minimum absolute atomic E-state index is 0.0443. The van der Waals surface area contributed by atoms with Crippen LogP contribution in [0.25, 0.3) is 11.1 Å². The number of nitrogens with one attached hydrogen (secondary N) is 2.